The molecule has 4 heterocycles. The highest BCUT2D eigenvalue weighted by Crippen LogP contribution is 2.72. The van der Waals surface area contributed by atoms with Crippen molar-refractivity contribution in [3.63, 3.8) is 0 Å². The molecular formula is C31H38O12. The van der Waals surface area contributed by atoms with E-state index in [1.54, 1.807) is 0 Å². The van der Waals surface area contributed by atoms with E-state index < -0.39 is 41.8 Å². The Morgan fingerprint density at radius 3 is 2.51 bits per heavy atom. The number of aliphatic hydroxyl groups is 2. The Hall–Kier alpha value is -2.55. The van der Waals surface area contributed by atoms with E-state index >= 15 is 0 Å². The molecule has 2 aromatic carbocycles. The molecule has 6 atom stereocenters. The summed E-state index contributed by atoms with van der Waals surface area (Å²) in [6.07, 6.45) is 0.00144. The van der Waals surface area contributed by atoms with E-state index in [1.807, 2.05) is 13.0 Å². The number of epoxide rings is 1. The van der Waals surface area contributed by atoms with Crippen LogP contribution in [0.1, 0.15) is 77.8 Å². The van der Waals surface area contributed by atoms with Gasteiger partial charge in [-0.15, -0.1) is 0 Å². The number of hydrogen-bond acceptors (Lipinski definition) is 12. The highest BCUT2D eigenvalue weighted by atomic mass is 16.9. The van der Waals surface area contributed by atoms with E-state index in [0.29, 0.717) is 36.1 Å². The molecule has 5 aliphatic rings. The van der Waals surface area contributed by atoms with Gasteiger partial charge >= 0.3 is 0 Å². The average Bonchev–Trinajstić information content (AvgIpc) is 3.66. The Morgan fingerprint density at radius 1 is 1.09 bits per heavy atom. The molecule has 0 radical (unpaired) electrons. The van der Waals surface area contributed by atoms with Gasteiger partial charge < -0.3 is 53.2 Å². The zero-order chi connectivity index (χ0) is 30.3. The molecule has 3 unspecified atom stereocenters. The molecule has 234 valence electrons. The lowest BCUT2D eigenvalue weighted by molar-refractivity contribution is -0.350. The maximum atomic E-state index is 13.2. The zero-order valence-electron chi connectivity index (χ0n) is 24.8. The zero-order valence-corrected chi connectivity index (χ0v) is 24.8. The number of fused-ring (bicyclic) bond motifs is 8. The maximum Gasteiger partial charge on any atom is 0.277 e. The van der Waals surface area contributed by atoms with E-state index in [2.05, 4.69) is 0 Å². The topological polar surface area (TPSA) is 155 Å². The number of phenolic OH excluding ortho intramolecular Hbond substituents is 1. The van der Waals surface area contributed by atoms with Crippen LogP contribution in [0.2, 0.25) is 0 Å². The first-order valence-electron chi connectivity index (χ1n) is 14.9. The minimum atomic E-state index is -1.50. The monoisotopic (exact) mass is 602 g/mol. The van der Waals surface area contributed by atoms with Crippen LogP contribution in [0.5, 0.6) is 17.2 Å². The minimum absolute atomic E-state index is 0.0292. The van der Waals surface area contributed by atoms with Crippen molar-refractivity contribution in [1.29, 1.82) is 0 Å². The molecule has 43 heavy (non-hydrogen) atoms. The van der Waals surface area contributed by atoms with Crippen molar-refractivity contribution in [3.8, 4) is 17.2 Å². The van der Waals surface area contributed by atoms with Gasteiger partial charge in [-0.05, 0) is 37.8 Å². The Bertz CT molecular complexity index is 1470. The second-order valence-corrected chi connectivity index (χ2v) is 11.9. The smallest absolute Gasteiger partial charge is 0.277 e. The molecule has 3 N–H and O–H groups in total. The van der Waals surface area contributed by atoms with E-state index in [0.717, 1.165) is 18.4 Å². The van der Waals surface area contributed by atoms with E-state index in [-0.39, 0.29) is 59.9 Å². The maximum absolute atomic E-state index is 13.2. The average molecular weight is 603 g/mol. The number of aliphatic hydroxyl groups excluding tert-OH is 2. The summed E-state index contributed by atoms with van der Waals surface area (Å²) in [5, 5.41) is 32.6. The molecule has 3 fully saturated rings. The SMILES string of the molecule is COc1c2c(c(O)c3c4c(c(C)cc13)C1OC3(C(OC)OC)OC1[C@@](OCCCCCCO)(O4)[C@@]31CO1)C(=O)CC[C@@H]2O. The lowest BCUT2D eigenvalue weighted by atomic mass is 9.78. The number of Topliss-reactive ketones (excluding diaryl/α,β-unsaturated/α-hetero) is 1. The number of hydrogen-bond donors (Lipinski definition) is 3. The molecule has 2 aromatic rings. The van der Waals surface area contributed by atoms with Gasteiger partial charge in [0.1, 0.15) is 23.4 Å². The summed E-state index contributed by atoms with van der Waals surface area (Å²) in [6.45, 7) is 2.51. The predicted molar refractivity (Wildman–Crippen MR) is 148 cm³/mol. The number of unbranched alkanes of at least 4 members (excludes halogenated alkanes) is 3. The Labute approximate surface area is 248 Å². The van der Waals surface area contributed by atoms with Gasteiger partial charge in [0.15, 0.2) is 11.9 Å². The lowest BCUT2D eigenvalue weighted by Gasteiger charge is -2.49. The number of rotatable bonds is 11. The van der Waals surface area contributed by atoms with E-state index in [1.165, 1.54) is 21.3 Å². The van der Waals surface area contributed by atoms with Crippen molar-refractivity contribution < 1.29 is 58.0 Å². The Kier molecular flexibility index (Phi) is 6.95. The van der Waals surface area contributed by atoms with Crippen molar-refractivity contribution in [2.24, 2.45) is 0 Å². The molecule has 3 saturated heterocycles. The summed E-state index contributed by atoms with van der Waals surface area (Å²) in [5.74, 6) is -3.00. The number of ketones is 1. The van der Waals surface area contributed by atoms with Crippen LogP contribution in [0, 0.1) is 6.92 Å². The van der Waals surface area contributed by atoms with Crippen LogP contribution in [-0.4, -0.2) is 91.8 Å². The number of benzene rings is 2. The number of methoxy groups -OCH3 is 3. The van der Waals surface area contributed by atoms with Gasteiger partial charge in [-0.3, -0.25) is 4.79 Å². The molecular weight excluding hydrogens is 564 g/mol. The summed E-state index contributed by atoms with van der Waals surface area (Å²) in [7, 11) is 4.46. The van der Waals surface area contributed by atoms with Crippen LogP contribution < -0.4 is 9.47 Å². The van der Waals surface area contributed by atoms with Gasteiger partial charge in [0.05, 0.1) is 37.4 Å². The van der Waals surface area contributed by atoms with Crippen LogP contribution in [0.3, 0.4) is 0 Å². The van der Waals surface area contributed by atoms with Gasteiger partial charge in [-0.25, -0.2) is 0 Å². The van der Waals surface area contributed by atoms with E-state index in [9.17, 15) is 15.0 Å². The van der Waals surface area contributed by atoms with Crippen molar-refractivity contribution in [3.05, 3.63) is 28.3 Å². The van der Waals surface area contributed by atoms with Gasteiger partial charge in [0, 0.05) is 43.8 Å². The van der Waals surface area contributed by atoms with Gasteiger partial charge in [0.25, 0.3) is 11.6 Å². The first-order chi connectivity index (χ1) is 20.8. The number of phenols is 1. The molecule has 12 nitrogen and oxygen atoms in total. The third kappa shape index (κ3) is 3.63. The minimum Gasteiger partial charge on any atom is -0.506 e. The Morgan fingerprint density at radius 2 is 1.84 bits per heavy atom. The second kappa shape index (κ2) is 10.2. The molecule has 0 aromatic heterocycles. The molecule has 4 aliphatic heterocycles. The first-order valence-corrected chi connectivity index (χ1v) is 14.9. The molecule has 1 spiro atoms. The lowest BCUT2D eigenvalue weighted by Crippen LogP contribution is -2.70. The predicted octanol–water partition coefficient (Wildman–Crippen LogP) is 3.08. The largest absolute Gasteiger partial charge is 0.506 e. The Balaban J connectivity index is 1.43. The van der Waals surface area contributed by atoms with Crippen molar-refractivity contribution in [1.82, 2.24) is 0 Å². The van der Waals surface area contributed by atoms with E-state index in [4.69, 9.17) is 43.0 Å². The molecule has 2 bridgehead atoms. The highest BCUT2D eigenvalue weighted by molar-refractivity contribution is 6.11. The number of ether oxygens (including phenoxy) is 8. The summed E-state index contributed by atoms with van der Waals surface area (Å²) < 4.78 is 50.3. The summed E-state index contributed by atoms with van der Waals surface area (Å²) in [5.41, 5.74) is 0.448. The first kappa shape index (κ1) is 29.2. The number of carbonyl (C=O) groups excluding carboxylic acids is 1. The highest BCUT2D eigenvalue weighted by Gasteiger charge is 2.93. The van der Waals surface area contributed by atoms with Crippen LogP contribution in [0.4, 0.5) is 0 Å². The standard InChI is InChI=1S/C31H38O12/c1-15-13-16-20(23(35)21-17(33)9-10-18(34)22(21)24(16)36-2)25-19(15)26-27-30(41-25,39-12-8-6-5-7-11-32)29(14-40-29)31(42-26,43-27)28(37-3)38-4/h13,18,26-28,32,34-35H,5-12,14H2,1-4H3/t18-,26?,27?,29-,30+,31?/m0/s1. The van der Waals surface area contributed by atoms with Crippen LogP contribution >= 0.6 is 0 Å². The fraction of sp³-hybridized carbons (Fsp3) is 0.645. The molecule has 0 saturated carbocycles. The van der Waals surface area contributed by atoms with Gasteiger partial charge in [-0.1, -0.05) is 12.8 Å². The molecule has 12 heteroatoms. The van der Waals surface area contributed by atoms with Crippen molar-refractivity contribution in [2.75, 3.05) is 41.2 Å². The number of aryl methyl sites for hydroxylation is 1. The van der Waals surface area contributed by atoms with Crippen LogP contribution in [0.25, 0.3) is 10.8 Å². The van der Waals surface area contributed by atoms with Crippen LogP contribution in [0.15, 0.2) is 6.07 Å². The summed E-state index contributed by atoms with van der Waals surface area (Å²) in [4.78, 5) is 13.2. The second-order valence-electron chi connectivity index (χ2n) is 11.9. The fourth-order valence-corrected chi connectivity index (χ4v) is 7.72. The van der Waals surface area contributed by atoms with Crippen molar-refractivity contribution >= 4 is 16.6 Å². The molecule has 0 amide bonds. The summed E-state index contributed by atoms with van der Waals surface area (Å²) >= 11 is 0. The van der Waals surface area contributed by atoms with Crippen molar-refractivity contribution in [2.45, 2.75) is 87.2 Å². The fourth-order valence-electron chi connectivity index (χ4n) is 7.72. The molecule has 7 rings (SSSR count). The number of aromatic hydroxyl groups is 1. The van der Waals surface area contributed by atoms with Gasteiger partial charge in [-0.2, -0.15) is 0 Å². The number of carbonyl (C=O) groups is 1. The molecule has 1 aliphatic carbocycles. The third-order valence-electron chi connectivity index (χ3n) is 9.68. The third-order valence-corrected chi connectivity index (χ3v) is 9.68. The van der Waals surface area contributed by atoms with Crippen LogP contribution in [-0.2, 0) is 28.4 Å². The normalized spacial score (nSPS) is 33.3. The summed E-state index contributed by atoms with van der Waals surface area (Å²) in [6, 6.07) is 1.84. The quantitative estimate of drug-likeness (QED) is 0.197. The van der Waals surface area contributed by atoms with Gasteiger partial charge in [0.2, 0.25) is 11.9 Å².